The van der Waals surface area contributed by atoms with Gasteiger partial charge in [0.25, 0.3) is 5.91 Å². The molecule has 3 aromatic rings. The smallest absolute Gasteiger partial charge is 0.408 e. The highest BCUT2D eigenvalue weighted by molar-refractivity contribution is 5.99. The predicted octanol–water partition coefficient (Wildman–Crippen LogP) is 6.50. The molecule has 7 heteroatoms. The summed E-state index contributed by atoms with van der Waals surface area (Å²) in [6.45, 7) is 9.27. The van der Waals surface area contributed by atoms with E-state index in [1.165, 1.54) is 0 Å². The van der Waals surface area contributed by atoms with Crippen LogP contribution in [0.3, 0.4) is 0 Å². The van der Waals surface area contributed by atoms with Crippen molar-refractivity contribution in [3.8, 4) is 0 Å². The van der Waals surface area contributed by atoms with E-state index in [0.29, 0.717) is 5.69 Å². The topological polar surface area (TPSA) is 87.7 Å². The summed E-state index contributed by atoms with van der Waals surface area (Å²) in [6.07, 6.45) is 2.14. The van der Waals surface area contributed by atoms with Crippen molar-refractivity contribution in [3.05, 3.63) is 101 Å². The fraction of sp³-hybridized carbons (Fsp3) is 0.382. The van der Waals surface area contributed by atoms with Gasteiger partial charge in [-0.25, -0.2) is 4.79 Å². The van der Waals surface area contributed by atoms with Gasteiger partial charge >= 0.3 is 6.09 Å². The molecule has 41 heavy (non-hydrogen) atoms. The number of benzene rings is 3. The lowest BCUT2D eigenvalue weighted by Gasteiger charge is -2.43. The van der Waals surface area contributed by atoms with Crippen molar-refractivity contribution in [1.29, 1.82) is 0 Å². The molecule has 4 rings (SSSR count). The minimum Gasteiger partial charge on any atom is -0.444 e. The number of rotatable bonds is 9. The maximum atomic E-state index is 14.6. The van der Waals surface area contributed by atoms with Crippen molar-refractivity contribution in [3.63, 3.8) is 0 Å². The largest absolute Gasteiger partial charge is 0.444 e. The van der Waals surface area contributed by atoms with E-state index in [4.69, 9.17) is 4.74 Å². The third-order valence-corrected chi connectivity index (χ3v) is 7.32. The molecule has 1 aliphatic carbocycles. The van der Waals surface area contributed by atoms with E-state index in [0.717, 1.165) is 41.5 Å². The Bertz CT molecular complexity index is 1340. The third-order valence-electron chi connectivity index (χ3n) is 7.32. The zero-order valence-electron chi connectivity index (χ0n) is 24.6. The number of ether oxygens (including phenoxy) is 1. The molecule has 2 atom stereocenters. The number of anilines is 1. The fourth-order valence-electron chi connectivity index (χ4n) is 4.96. The highest BCUT2D eigenvalue weighted by atomic mass is 16.6. The van der Waals surface area contributed by atoms with E-state index < -0.39 is 23.8 Å². The minimum atomic E-state index is -0.924. The summed E-state index contributed by atoms with van der Waals surface area (Å²) in [5.74, 6) is -0.603. The number of hydrogen-bond donors (Lipinski definition) is 2. The number of alkyl carbamates (subject to hydrolysis) is 1. The average molecular weight is 556 g/mol. The number of nitrogens with one attached hydrogen (secondary N) is 2. The lowest BCUT2D eigenvalue weighted by molar-refractivity contribution is -0.145. The molecule has 0 aliphatic heterocycles. The van der Waals surface area contributed by atoms with E-state index in [-0.39, 0.29) is 24.3 Å². The van der Waals surface area contributed by atoms with E-state index >= 15 is 0 Å². The van der Waals surface area contributed by atoms with Gasteiger partial charge in [-0.3, -0.25) is 9.59 Å². The summed E-state index contributed by atoms with van der Waals surface area (Å²) in [7, 11) is 0. The Morgan fingerprint density at radius 3 is 2.12 bits per heavy atom. The molecular weight excluding hydrogens is 514 g/mol. The Morgan fingerprint density at radius 2 is 1.54 bits per heavy atom. The van der Waals surface area contributed by atoms with Gasteiger partial charge in [-0.05, 0) is 76.6 Å². The van der Waals surface area contributed by atoms with Crippen molar-refractivity contribution in [2.75, 3.05) is 5.32 Å². The number of aryl methyl sites for hydroxylation is 2. The number of carbonyl (C=O) groups excluding carboxylic acids is 3. The van der Waals surface area contributed by atoms with Gasteiger partial charge in [-0.1, -0.05) is 78.4 Å². The maximum absolute atomic E-state index is 14.6. The maximum Gasteiger partial charge on any atom is 0.408 e. The van der Waals surface area contributed by atoms with Crippen LogP contribution in [0.25, 0.3) is 0 Å². The Morgan fingerprint density at radius 1 is 0.902 bits per heavy atom. The lowest BCUT2D eigenvalue weighted by Crippen LogP contribution is -2.57. The molecule has 1 fully saturated rings. The van der Waals surface area contributed by atoms with Crippen LogP contribution in [0.5, 0.6) is 0 Å². The summed E-state index contributed by atoms with van der Waals surface area (Å²) in [6, 6.07) is 22.9. The average Bonchev–Trinajstić information content (AvgIpc) is 2.88. The second kappa shape index (κ2) is 13.0. The highest BCUT2D eigenvalue weighted by Gasteiger charge is 2.42. The molecule has 2 unspecified atom stereocenters. The Kier molecular flexibility index (Phi) is 9.48. The van der Waals surface area contributed by atoms with Crippen LogP contribution in [0.1, 0.15) is 68.3 Å². The molecule has 0 aromatic heterocycles. The molecule has 7 nitrogen and oxygen atoms in total. The highest BCUT2D eigenvalue weighted by Crippen LogP contribution is 2.35. The van der Waals surface area contributed by atoms with E-state index in [1.54, 1.807) is 25.7 Å². The van der Waals surface area contributed by atoms with Gasteiger partial charge in [-0.2, -0.15) is 0 Å². The van der Waals surface area contributed by atoms with Crippen molar-refractivity contribution in [2.24, 2.45) is 0 Å². The summed E-state index contributed by atoms with van der Waals surface area (Å²) < 4.78 is 5.53. The number of nitrogens with zero attached hydrogens (tertiary/aromatic N) is 1. The molecule has 1 saturated carbocycles. The Balaban J connectivity index is 1.74. The third kappa shape index (κ3) is 7.97. The molecule has 1 aliphatic rings. The molecule has 3 amide bonds. The van der Waals surface area contributed by atoms with Gasteiger partial charge in [0.05, 0.1) is 0 Å². The zero-order valence-corrected chi connectivity index (χ0v) is 24.6. The molecule has 3 aromatic carbocycles. The second-order valence-corrected chi connectivity index (χ2v) is 11.8. The van der Waals surface area contributed by atoms with Crippen LogP contribution in [0.15, 0.2) is 78.9 Å². The molecule has 0 radical (unpaired) electrons. The molecule has 0 spiro atoms. The van der Waals surface area contributed by atoms with Crippen LogP contribution in [-0.4, -0.2) is 40.5 Å². The monoisotopic (exact) mass is 555 g/mol. The van der Waals surface area contributed by atoms with Gasteiger partial charge in [-0.15, -0.1) is 0 Å². The number of para-hydroxylation sites is 1. The predicted molar refractivity (Wildman–Crippen MR) is 162 cm³/mol. The SMILES string of the molecule is Cc1ccc(C(C(=O)Nc2ccccc2C)N(C(=O)C(Cc2ccccc2)NC(=O)OC(C)(C)C)C2CCC2)cc1. The van der Waals surface area contributed by atoms with Gasteiger partial charge < -0.3 is 20.3 Å². The van der Waals surface area contributed by atoms with Gasteiger partial charge in [0, 0.05) is 18.2 Å². The number of hydrogen-bond acceptors (Lipinski definition) is 4. The van der Waals surface area contributed by atoms with Crippen molar-refractivity contribution >= 4 is 23.6 Å². The van der Waals surface area contributed by atoms with Crippen LogP contribution < -0.4 is 10.6 Å². The van der Waals surface area contributed by atoms with Crippen LogP contribution in [0, 0.1) is 13.8 Å². The van der Waals surface area contributed by atoms with Crippen molar-refractivity contribution in [1.82, 2.24) is 10.2 Å². The molecule has 2 N–H and O–H groups in total. The molecule has 0 heterocycles. The Labute approximate surface area is 243 Å². The van der Waals surface area contributed by atoms with Crippen LogP contribution >= 0.6 is 0 Å². The zero-order chi connectivity index (χ0) is 29.6. The molecule has 0 bridgehead atoms. The first-order valence-corrected chi connectivity index (χ1v) is 14.3. The van der Waals surface area contributed by atoms with Gasteiger partial charge in [0.1, 0.15) is 17.7 Å². The molecule has 216 valence electrons. The normalized spacial score (nSPS) is 14.8. The van der Waals surface area contributed by atoms with E-state index in [9.17, 15) is 14.4 Å². The van der Waals surface area contributed by atoms with Crippen LogP contribution in [0.2, 0.25) is 0 Å². The first kappa shape index (κ1) is 29.8. The summed E-state index contributed by atoms with van der Waals surface area (Å²) in [4.78, 5) is 43.3. The minimum absolute atomic E-state index is 0.130. The van der Waals surface area contributed by atoms with E-state index in [2.05, 4.69) is 10.6 Å². The van der Waals surface area contributed by atoms with Crippen LogP contribution in [-0.2, 0) is 20.7 Å². The van der Waals surface area contributed by atoms with E-state index in [1.807, 2.05) is 92.7 Å². The molecule has 0 saturated heterocycles. The quantitative estimate of drug-likeness (QED) is 0.316. The molecular formula is C34H41N3O4. The van der Waals surface area contributed by atoms with Crippen molar-refractivity contribution in [2.45, 2.75) is 84.0 Å². The van der Waals surface area contributed by atoms with Crippen molar-refractivity contribution < 1.29 is 19.1 Å². The van der Waals surface area contributed by atoms with Crippen LogP contribution in [0.4, 0.5) is 10.5 Å². The lowest BCUT2D eigenvalue weighted by atomic mass is 9.87. The summed E-state index contributed by atoms with van der Waals surface area (Å²) >= 11 is 0. The Hall–Kier alpha value is -4.13. The fourth-order valence-corrected chi connectivity index (χ4v) is 4.96. The first-order valence-electron chi connectivity index (χ1n) is 14.3. The number of amides is 3. The van der Waals surface area contributed by atoms with Gasteiger partial charge in [0.2, 0.25) is 5.91 Å². The second-order valence-electron chi connectivity index (χ2n) is 11.8. The first-order chi connectivity index (χ1) is 19.5. The summed E-state index contributed by atoms with van der Waals surface area (Å²) in [5, 5.41) is 5.91. The number of carbonyl (C=O) groups is 3. The standard InChI is InChI=1S/C34H41N3O4/c1-23-18-20-26(21-19-23)30(31(38)35-28-17-10-9-12-24(28)2)37(27-15-11-16-27)32(39)29(22-25-13-7-6-8-14-25)36-33(40)41-34(3,4)5/h6-10,12-14,17-21,27,29-30H,11,15-16,22H2,1-5H3,(H,35,38)(H,36,40). The van der Waals surface area contributed by atoms with Gasteiger partial charge in [0.15, 0.2) is 0 Å². The summed E-state index contributed by atoms with van der Waals surface area (Å²) in [5.41, 5.74) is 3.57.